The van der Waals surface area contributed by atoms with Crippen LogP contribution in [0.15, 0.2) is 29.3 Å². The number of nitrogens with zero attached hydrogens (tertiary/aromatic N) is 2. The second-order valence-corrected chi connectivity index (χ2v) is 6.03. The molecule has 0 radical (unpaired) electrons. The number of para-hydroxylation sites is 1. The maximum absolute atomic E-state index is 9.21. The molecule has 0 heterocycles. The van der Waals surface area contributed by atoms with E-state index in [1.807, 2.05) is 25.2 Å². The van der Waals surface area contributed by atoms with Gasteiger partial charge in [-0.25, -0.2) is 0 Å². The minimum atomic E-state index is 0.230. The Bertz CT molecular complexity index is 485. The Labute approximate surface area is 146 Å². The van der Waals surface area contributed by atoms with Crippen LogP contribution in [0.5, 0.6) is 5.75 Å². The molecule has 1 rings (SSSR count). The van der Waals surface area contributed by atoms with Gasteiger partial charge in [0, 0.05) is 38.9 Å². The number of nitrogens with one attached hydrogen (secondary N) is 1. The molecule has 0 saturated heterocycles. The Balaban J connectivity index is 2.79. The van der Waals surface area contributed by atoms with E-state index in [9.17, 15) is 5.11 Å². The first kappa shape index (κ1) is 20.3. The van der Waals surface area contributed by atoms with Crippen molar-refractivity contribution in [3.05, 3.63) is 29.8 Å². The Hall–Kier alpha value is -1.75. The van der Waals surface area contributed by atoms with Crippen LogP contribution in [0.1, 0.15) is 38.7 Å². The Kier molecular flexibility index (Phi) is 9.92. The van der Waals surface area contributed by atoms with Gasteiger partial charge in [0.15, 0.2) is 5.96 Å². The fourth-order valence-corrected chi connectivity index (χ4v) is 2.77. The van der Waals surface area contributed by atoms with Gasteiger partial charge in [0.2, 0.25) is 0 Å². The molecule has 0 spiro atoms. The van der Waals surface area contributed by atoms with Crippen molar-refractivity contribution in [2.24, 2.45) is 10.9 Å². The van der Waals surface area contributed by atoms with Gasteiger partial charge in [0.25, 0.3) is 0 Å². The van der Waals surface area contributed by atoms with Crippen LogP contribution in [-0.2, 0) is 6.54 Å². The molecule has 1 atom stereocenters. The zero-order valence-corrected chi connectivity index (χ0v) is 15.6. The van der Waals surface area contributed by atoms with Crippen molar-refractivity contribution in [1.82, 2.24) is 10.2 Å². The molecule has 5 heteroatoms. The van der Waals surface area contributed by atoms with Gasteiger partial charge in [0.05, 0.1) is 7.11 Å². The van der Waals surface area contributed by atoms with Gasteiger partial charge in [-0.3, -0.25) is 4.99 Å². The molecule has 0 aliphatic rings. The zero-order valence-electron chi connectivity index (χ0n) is 15.6. The van der Waals surface area contributed by atoms with Crippen LogP contribution < -0.4 is 10.1 Å². The fourth-order valence-electron chi connectivity index (χ4n) is 2.77. The molecule has 2 N–H and O–H groups in total. The molecule has 1 aromatic carbocycles. The van der Waals surface area contributed by atoms with Gasteiger partial charge in [0.1, 0.15) is 5.75 Å². The third-order valence-electron chi connectivity index (χ3n) is 4.03. The second kappa shape index (κ2) is 11.7. The van der Waals surface area contributed by atoms with Crippen LogP contribution in [0, 0.1) is 5.92 Å². The van der Waals surface area contributed by atoms with Gasteiger partial charge in [-0.05, 0) is 31.7 Å². The highest BCUT2D eigenvalue weighted by atomic mass is 16.5. The molecule has 0 aliphatic heterocycles. The highest BCUT2D eigenvalue weighted by Crippen LogP contribution is 2.19. The molecule has 0 aliphatic carbocycles. The summed E-state index contributed by atoms with van der Waals surface area (Å²) in [5.41, 5.74) is 1.13. The number of ether oxygens (including phenoxy) is 1. The highest BCUT2D eigenvalue weighted by molar-refractivity contribution is 5.79. The van der Waals surface area contributed by atoms with Crippen molar-refractivity contribution in [2.75, 3.05) is 33.9 Å². The maximum atomic E-state index is 9.21. The summed E-state index contributed by atoms with van der Waals surface area (Å²) in [6, 6.07) is 8.05. The van der Waals surface area contributed by atoms with Crippen molar-refractivity contribution in [2.45, 2.75) is 39.7 Å². The van der Waals surface area contributed by atoms with Gasteiger partial charge < -0.3 is 20.1 Å². The highest BCUT2D eigenvalue weighted by Gasteiger charge is 2.12. The topological polar surface area (TPSA) is 57.1 Å². The van der Waals surface area contributed by atoms with Gasteiger partial charge in [-0.2, -0.15) is 0 Å². The Morgan fingerprint density at radius 3 is 2.67 bits per heavy atom. The van der Waals surface area contributed by atoms with E-state index in [1.54, 1.807) is 7.11 Å². The molecule has 136 valence electrons. The van der Waals surface area contributed by atoms with E-state index in [2.05, 4.69) is 30.1 Å². The smallest absolute Gasteiger partial charge is 0.193 e. The lowest BCUT2D eigenvalue weighted by Crippen LogP contribution is -2.39. The number of aliphatic hydroxyl groups excluding tert-OH is 1. The fraction of sp³-hybridized carbons (Fsp3) is 0.632. The monoisotopic (exact) mass is 335 g/mol. The van der Waals surface area contributed by atoms with Crippen molar-refractivity contribution in [3.63, 3.8) is 0 Å². The predicted octanol–water partition coefficient (Wildman–Crippen LogP) is 2.89. The van der Waals surface area contributed by atoms with Crippen LogP contribution in [0.2, 0.25) is 0 Å². The molecule has 0 aromatic heterocycles. The number of methoxy groups -OCH3 is 1. The summed E-state index contributed by atoms with van der Waals surface area (Å²) in [5, 5.41) is 12.6. The number of aliphatic hydroxyl groups is 1. The van der Waals surface area contributed by atoms with Crippen molar-refractivity contribution in [1.29, 1.82) is 0 Å². The van der Waals surface area contributed by atoms with E-state index in [4.69, 9.17) is 9.73 Å². The van der Waals surface area contributed by atoms with Crippen LogP contribution in [0.4, 0.5) is 0 Å². The van der Waals surface area contributed by atoms with E-state index >= 15 is 0 Å². The quantitative estimate of drug-likeness (QED) is 0.510. The molecular formula is C19H33N3O2. The molecule has 0 bridgehead atoms. The largest absolute Gasteiger partial charge is 0.496 e. The number of rotatable bonds is 10. The van der Waals surface area contributed by atoms with Crippen LogP contribution in [-0.4, -0.2) is 49.8 Å². The number of benzene rings is 1. The summed E-state index contributed by atoms with van der Waals surface area (Å²) in [5.74, 6) is 2.22. The van der Waals surface area contributed by atoms with E-state index in [0.717, 1.165) is 56.2 Å². The Morgan fingerprint density at radius 1 is 1.29 bits per heavy atom. The molecule has 0 fully saturated rings. The summed E-state index contributed by atoms with van der Waals surface area (Å²) in [7, 11) is 3.73. The number of aliphatic imine (C=N–C) groups is 1. The van der Waals surface area contributed by atoms with Gasteiger partial charge in [-0.1, -0.05) is 31.5 Å². The minimum absolute atomic E-state index is 0.230. The first-order valence-electron chi connectivity index (χ1n) is 8.88. The van der Waals surface area contributed by atoms with E-state index < -0.39 is 0 Å². The number of guanidine groups is 1. The number of hydrogen-bond donors (Lipinski definition) is 2. The van der Waals surface area contributed by atoms with Gasteiger partial charge in [-0.15, -0.1) is 0 Å². The van der Waals surface area contributed by atoms with Crippen LogP contribution in [0.25, 0.3) is 0 Å². The predicted molar refractivity (Wildman–Crippen MR) is 101 cm³/mol. The second-order valence-electron chi connectivity index (χ2n) is 6.03. The summed E-state index contributed by atoms with van der Waals surface area (Å²) >= 11 is 0. The van der Waals surface area contributed by atoms with Crippen LogP contribution in [0.3, 0.4) is 0 Å². The van der Waals surface area contributed by atoms with Crippen molar-refractivity contribution >= 4 is 5.96 Å². The molecular weight excluding hydrogens is 302 g/mol. The zero-order chi connectivity index (χ0) is 17.8. The summed E-state index contributed by atoms with van der Waals surface area (Å²) in [6.07, 6.45) is 3.03. The SMILES string of the molecule is CCCC(CCO)CN=C(NCC)N(C)Cc1ccccc1OC. The summed E-state index contributed by atoms with van der Waals surface area (Å²) in [4.78, 5) is 6.90. The van der Waals surface area contributed by atoms with Crippen LogP contribution >= 0.6 is 0 Å². The van der Waals surface area contributed by atoms with E-state index in [0.29, 0.717) is 5.92 Å². The molecule has 0 amide bonds. The first-order valence-corrected chi connectivity index (χ1v) is 8.88. The summed E-state index contributed by atoms with van der Waals surface area (Å²) in [6.45, 7) is 6.78. The summed E-state index contributed by atoms with van der Waals surface area (Å²) < 4.78 is 5.43. The molecule has 1 aromatic rings. The normalized spacial score (nSPS) is 12.8. The third kappa shape index (κ3) is 6.79. The molecule has 24 heavy (non-hydrogen) atoms. The molecule has 1 unspecified atom stereocenters. The third-order valence-corrected chi connectivity index (χ3v) is 4.03. The molecule has 5 nitrogen and oxygen atoms in total. The van der Waals surface area contributed by atoms with Crippen molar-refractivity contribution in [3.8, 4) is 5.75 Å². The average molecular weight is 335 g/mol. The standard InChI is InChI=1S/C19H33N3O2/c1-5-9-16(12-13-23)14-21-19(20-6-2)22(3)15-17-10-7-8-11-18(17)24-4/h7-8,10-11,16,23H,5-6,9,12-15H2,1-4H3,(H,20,21). The van der Waals surface area contributed by atoms with E-state index in [1.165, 1.54) is 0 Å². The number of hydrogen-bond acceptors (Lipinski definition) is 3. The maximum Gasteiger partial charge on any atom is 0.193 e. The van der Waals surface area contributed by atoms with Crippen molar-refractivity contribution < 1.29 is 9.84 Å². The first-order chi connectivity index (χ1) is 11.7. The van der Waals surface area contributed by atoms with E-state index in [-0.39, 0.29) is 6.61 Å². The lowest BCUT2D eigenvalue weighted by Gasteiger charge is -2.24. The van der Waals surface area contributed by atoms with Gasteiger partial charge >= 0.3 is 0 Å². The average Bonchev–Trinajstić information content (AvgIpc) is 2.59. The minimum Gasteiger partial charge on any atom is -0.496 e. The lowest BCUT2D eigenvalue weighted by atomic mass is 10.0. The Morgan fingerprint density at radius 2 is 2.04 bits per heavy atom. The lowest BCUT2D eigenvalue weighted by molar-refractivity contribution is 0.253. The molecule has 0 saturated carbocycles.